The smallest absolute Gasteiger partial charge is 0.276 e. The summed E-state index contributed by atoms with van der Waals surface area (Å²) < 4.78 is 10.9. The predicted octanol–water partition coefficient (Wildman–Crippen LogP) is 3.87. The van der Waals surface area contributed by atoms with Crippen LogP contribution in [0.5, 0.6) is 5.75 Å². The van der Waals surface area contributed by atoms with E-state index in [1.807, 2.05) is 54.6 Å². The number of carbonyl (C=O) groups excluding carboxylic acids is 1. The number of hydrogen-bond acceptors (Lipinski definition) is 6. The molecule has 1 amide bonds. The molecule has 1 aromatic heterocycles. The molecule has 0 spiro atoms. The summed E-state index contributed by atoms with van der Waals surface area (Å²) in [6, 6.07) is 16.8. The second kappa shape index (κ2) is 8.34. The monoisotopic (exact) mass is 355 g/mol. The molecule has 7 heteroatoms. The summed E-state index contributed by atoms with van der Waals surface area (Å²) in [7, 11) is 1.59. The molecule has 1 N–H and O–H groups in total. The standard InChI is InChI=1S/C18H17N3O3S/c1-23-15-10-6-5-9-14(15)17-20-21-18(24-17)25-12-11-16(22)19-13-7-3-2-4-8-13/h2-10H,11-12H2,1H3,(H,19,22). The fourth-order valence-electron chi connectivity index (χ4n) is 2.17. The summed E-state index contributed by atoms with van der Waals surface area (Å²) >= 11 is 1.35. The first kappa shape index (κ1) is 17.0. The Morgan fingerprint density at radius 2 is 1.88 bits per heavy atom. The third kappa shape index (κ3) is 4.60. The Kier molecular flexibility index (Phi) is 5.69. The van der Waals surface area contributed by atoms with Gasteiger partial charge >= 0.3 is 0 Å². The van der Waals surface area contributed by atoms with Gasteiger partial charge in [0.15, 0.2) is 0 Å². The zero-order valence-corrected chi connectivity index (χ0v) is 14.5. The Morgan fingerprint density at radius 3 is 2.68 bits per heavy atom. The van der Waals surface area contributed by atoms with E-state index in [2.05, 4.69) is 15.5 Å². The molecular weight excluding hydrogens is 338 g/mol. The molecule has 0 unspecified atom stereocenters. The number of nitrogens with zero attached hydrogens (tertiary/aromatic N) is 2. The van der Waals surface area contributed by atoms with E-state index in [9.17, 15) is 4.79 Å². The number of thioether (sulfide) groups is 1. The van der Waals surface area contributed by atoms with Crippen molar-refractivity contribution in [1.82, 2.24) is 10.2 Å². The molecule has 3 aromatic rings. The van der Waals surface area contributed by atoms with Crippen LogP contribution in [0.15, 0.2) is 64.2 Å². The molecule has 0 saturated carbocycles. The summed E-state index contributed by atoms with van der Waals surface area (Å²) in [6.07, 6.45) is 0.353. The van der Waals surface area contributed by atoms with Crippen LogP contribution in [0.2, 0.25) is 0 Å². The normalized spacial score (nSPS) is 10.4. The van der Waals surface area contributed by atoms with E-state index in [0.29, 0.717) is 29.0 Å². The molecule has 0 aliphatic rings. The number of nitrogens with one attached hydrogen (secondary N) is 1. The molecule has 3 rings (SSSR count). The van der Waals surface area contributed by atoms with Gasteiger partial charge in [-0.05, 0) is 24.3 Å². The molecule has 1 heterocycles. The molecule has 0 saturated heterocycles. The minimum absolute atomic E-state index is 0.0526. The molecule has 0 aliphatic heterocycles. The Bertz CT molecular complexity index is 836. The second-order valence-corrected chi connectivity index (χ2v) is 6.13. The van der Waals surface area contributed by atoms with Crippen LogP contribution in [0.1, 0.15) is 6.42 Å². The Morgan fingerprint density at radius 1 is 1.12 bits per heavy atom. The topological polar surface area (TPSA) is 77.2 Å². The third-order valence-corrected chi connectivity index (χ3v) is 4.18. The number of amides is 1. The molecule has 128 valence electrons. The molecule has 0 aliphatic carbocycles. The predicted molar refractivity (Wildman–Crippen MR) is 96.7 cm³/mol. The van der Waals surface area contributed by atoms with Gasteiger partial charge in [-0.2, -0.15) is 0 Å². The van der Waals surface area contributed by atoms with E-state index in [0.717, 1.165) is 11.3 Å². The first-order valence-corrected chi connectivity index (χ1v) is 8.69. The zero-order valence-electron chi connectivity index (χ0n) is 13.6. The quantitative estimate of drug-likeness (QED) is 0.648. The van der Waals surface area contributed by atoms with Crippen LogP contribution >= 0.6 is 11.8 Å². The lowest BCUT2D eigenvalue weighted by Crippen LogP contribution is -2.11. The van der Waals surface area contributed by atoms with Crippen LogP contribution < -0.4 is 10.1 Å². The largest absolute Gasteiger partial charge is 0.496 e. The zero-order chi connectivity index (χ0) is 17.5. The Labute approximate surface area is 149 Å². The van der Waals surface area contributed by atoms with E-state index < -0.39 is 0 Å². The Balaban J connectivity index is 1.53. The molecule has 25 heavy (non-hydrogen) atoms. The van der Waals surface area contributed by atoms with Crippen LogP contribution in [-0.4, -0.2) is 29.0 Å². The van der Waals surface area contributed by atoms with Gasteiger partial charge in [0, 0.05) is 17.9 Å². The number of hydrogen-bond donors (Lipinski definition) is 1. The number of carbonyl (C=O) groups is 1. The van der Waals surface area contributed by atoms with Gasteiger partial charge in [-0.1, -0.05) is 42.1 Å². The fourth-order valence-corrected chi connectivity index (χ4v) is 2.87. The fraction of sp³-hybridized carbons (Fsp3) is 0.167. The van der Waals surface area contributed by atoms with E-state index >= 15 is 0 Å². The van der Waals surface area contributed by atoms with Crippen LogP contribution in [0.25, 0.3) is 11.5 Å². The van der Waals surface area contributed by atoms with Crippen molar-refractivity contribution < 1.29 is 13.9 Å². The Hall–Kier alpha value is -2.80. The van der Waals surface area contributed by atoms with Crippen molar-refractivity contribution in [2.24, 2.45) is 0 Å². The average Bonchev–Trinajstić information content (AvgIpc) is 3.11. The summed E-state index contributed by atoms with van der Waals surface area (Å²) in [5.41, 5.74) is 1.53. The highest BCUT2D eigenvalue weighted by molar-refractivity contribution is 7.99. The maximum atomic E-state index is 11.9. The van der Waals surface area contributed by atoms with Gasteiger partial charge < -0.3 is 14.5 Å². The number of para-hydroxylation sites is 2. The highest BCUT2D eigenvalue weighted by Crippen LogP contribution is 2.30. The van der Waals surface area contributed by atoms with Gasteiger partial charge in [-0.25, -0.2) is 0 Å². The van der Waals surface area contributed by atoms with E-state index in [1.54, 1.807) is 7.11 Å². The lowest BCUT2D eigenvalue weighted by molar-refractivity contribution is -0.115. The van der Waals surface area contributed by atoms with Gasteiger partial charge in [-0.3, -0.25) is 4.79 Å². The third-order valence-electron chi connectivity index (χ3n) is 3.36. The number of benzene rings is 2. The van der Waals surface area contributed by atoms with Crippen molar-refractivity contribution in [2.75, 3.05) is 18.2 Å². The maximum Gasteiger partial charge on any atom is 0.276 e. The van der Waals surface area contributed by atoms with Gasteiger partial charge in [0.05, 0.1) is 12.7 Å². The minimum atomic E-state index is -0.0526. The van der Waals surface area contributed by atoms with E-state index in [4.69, 9.17) is 9.15 Å². The highest BCUT2D eigenvalue weighted by Gasteiger charge is 2.13. The van der Waals surface area contributed by atoms with Crippen LogP contribution in [0.4, 0.5) is 5.69 Å². The van der Waals surface area contributed by atoms with Gasteiger partial charge in [0.1, 0.15) is 5.75 Å². The second-order valence-electron chi connectivity index (χ2n) is 5.09. The van der Waals surface area contributed by atoms with Crippen molar-refractivity contribution in [1.29, 1.82) is 0 Å². The van der Waals surface area contributed by atoms with E-state index in [-0.39, 0.29) is 5.91 Å². The number of anilines is 1. The number of methoxy groups -OCH3 is 1. The summed E-state index contributed by atoms with van der Waals surface area (Å²) in [5.74, 6) is 1.56. The molecule has 6 nitrogen and oxygen atoms in total. The highest BCUT2D eigenvalue weighted by atomic mass is 32.2. The van der Waals surface area contributed by atoms with Crippen molar-refractivity contribution >= 4 is 23.4 Å². The maximum absolute atomic E-state index is 11.9. The van der Waals surface area contributed by atoms with Gasteiger partial charge in [-0.15, -0.1) is 10.2 Å². The first-order chi connectivity index (χ1) is 12.3. The number of rotatable bonds is 7. The SMILES string of the molecule is COc1ccccc1-c1nnc(SCCC(=O)Nc2ccccc2)o1. The van der Waals surface area contributed by atoms with Crippen molar-refractivity contribution in [3.63, 3.8) is 0 Å². The lowest BCUT2D eigenvalue weighted by Gasteiger charge is -2.04. The van der Waals surface area contributed by atoms with Gasteiger partial charge in [0.25, 0.3) is 11.1 Å². The molecule has 0 radical (unpaired) electrons. The molecular formula is C18H17N3O3S. The van der Waals surface area contributed by atoms with Gasteiger partial charge in [0.2, 0.25) is 5.91 Å². The van der Waals surface area contributed by atoms with Crippen LogP contribution in [0.3, 0.4) is 0 Å². The lowest BCUT2D eigenvalue weighted by atomic mass is 10.2. The van der Waals surface area contributed by atoms with Crippen LogP contribution in [-0.2, 0) is 4.79 Å². The number of aromatic nitrogens is 2. The summed E-state index contributed by atoms with van der Waals surface area (Å²) in [4.78, 5) is 11.9. The minimum Gasteiger partial charge on any atom is -0.496 e. The molecule has 2 aromatic carbocycles. The van der Waals surface area contributed by atoms with Crippen molar-refractivity contribution in [3.8, 4) is 17.2 Å². The first-order valence-electron chi connectivity index (χ1n) is 7.71. The average molecular weight is 355 g/mol. The summed E-state index contributed by atoms with van der Waals surface area (Å²) in [6.45, 7) is 0. The molecule has 0 bridgehead atoms. The molecule has 0 fully saturated rings. The van der Waals surface area contributed by atoms with E-state index in [1.165, 1.54) is 11.8 Å². The molecule has 0 atom stereocenters. The number of ether oxygens (including phenoxy) is 1. The van der Waals surface area contributed by atoms with Crippen molar-refractivity contribution in [3.05, 3.63) is 54.6 Å². The van der Waals surface area contributed by atoms with Crippen molar-refractivity contribution in [2.45, 2.75) is 11.6 Å². The summed E-state index contributed by atoms with van der Waals surface area (Å²) in [5, 5.41) is 11.3. The van der Waals surface area contributed by atoms with Crippen LogP contribution in [0, 0.1) is 0 Å².